The zero-order valence-electron chi connectivity index (χ0n) is 24.7. The molecule has 3 heterocycles. The molecule has 13 heteroatoms. The molecule has 1 unspecified atom stereocenters. The Morgan fingerprint density at radius 2 is 1.72 bits per heavy atom. The number of para-hydroxylation sites is 1. The summed E-state index contributed by atoms with van der Waals surface area (Å²) in [6.45, 7) is 2.00. The number of carbonyl (C=O) groups excluding carboxylic acids is 1. The molecular formula is C33H29N9O2S2. The van der Waals surface area contributed by atoms with Crippen LogP contribution >= 0.6 is 23.6 Å². The van der Waals surface area contributed by atoms with Crippen LogP contribution in [0.4, 0.5) is 23.0 Å². The Morgan fingerprint density at radius 3 is 2.46 bits per heavy atom. The molecule has 0 fully saturated rings. The summed E-state index contributed by atoms with van der Waals surface area (Å²) in [7, 11) is 0. The van der Waals surface area contributed by atoms with E-state index in [2.05, 4.69) is 31.2 Å². The number of amides is 1. The normalized spacial score (nSPS) is 16.7. The Labute approximate surface area is 272 Å². The van der Waals surface area contributed by atoms with Crippen molar-refractivity contribution in [3.05, 3.63) is 127 Å². The van der Waals surface area contributed by atoms with Gasteiger partial charge in [0.2, 0.25) is 0 Å². The number of nitrogen functional groups attached to an aromatic ring is 1. The first kappa shape index (κ1) is 29.3. The fraction of sp³-hybridized carbons (Fsp3) is 0.152. The summed E-state index contributed by atoms with van der Waals surface area (Å²) in [4.78, 5) is 26.7. The molecule has 0 bridgehead atoms. The first-order chi connectivity index (χ1) is 22.4. The van der Waals surface area contributed by atoms with Gasteiger partial charge < -0.3 is 11.1 Å². The predicted molar refractivity (Wildman–Crippen MR) is 183 cm³/mol. The number of hydrogen-bond acceptors (Lipinski definition) is 9. The lowest BCUT2D eigenvalue weighted by Gasteiger charge is -2.35. The van der Waals surface area contributed by atoms with Crippen molar-refractivity contribution in [2.75, 3.05) is 11.1 Å². The number of azo groups is 1. The lowest BCUT2D eigenvalue weighted by Crippen LogP contribution is -2.30. The number of nitrogens with two attached hydrogens (primary N) is 1. The third kappa shape index (κ3) is 5.50. The summed E-state index contributed by atoms with van der Waals surface area (Å²) in [5.74, 6) is 0.409. The van der Waals surface area contributed by atoms with Crippen LogP contribution in [0.5, 0.6) is 0 Å². The van der Waals surface area contributed by atoms with Gasteiger partial charge in [0.25, 0.3) is 11.5 Å². The summed E-state index contributed by atoms with van der Waals surface area (Å²) in [6, 6.07) is 26.7. The average Bonchev–Trinajstić information content (AvgIpc) is 3.56. The van der Waals surface area contributed by atoms with Crippen LogP contribution in [0, 0.1) is 10.9 Å². The Morgan fingerprint density at radius 1 is 1.00 bits per heavy atom. The van der Waals surface area contributed by atoms with Gasteiger partial charge in [-0.05, 0) is 67.4 Å². The highest BCUT2D eigenvalue weighted by Crippen LogP contribution is 2.43. The van der Waals surface area contributed by atoms with Crippen molar-refractivity contribution < 1.29 is 4.79 Å². The molecule has 5 aromatic rings. The zero-order valence-corrected chi connectivity index (χ0v) is 26.4. The van der Waals surface area contributed by atoms with E-state index in [1.807, 2.05) is 91.9 Å². The average molecular weight is 648 g/mol. The number of aromatic amines is 1. The van der Waals surface area contributed by atoms with Crippen molar-refractivity contribution in [2.45, 2.75) is 32.2 Å². The molecule has 1 amide bonds. The van der Waals surface area contributed by atoms with Gasteiger partial charge >= 0.3 is 0 Å². The topological polar surface area (TPSA) is 147 Å². The Balaban J connectivity index is 1.17. The quantitative estimate of drug-likeness (QED) is 0.0867. The number of aromatic nitrogens is 3. The van der Waals surface area contributed by atoms with Crippen LogP contribution in [-0.2, 0) is 0 Å². The number of allylic oxidation sites excluding steroid dienone is 2. The van der Waals surface area contributed by atoms with Crippen molar-refractivity contribution >= 4 is 58.2 Å². The van der Waals surface area contributed by atoms with E-state index in [1.165, 1.54) is 0 Å². The van der Waals surface area contributed by atoms with Crippen LogP contribution in [0.2, 0.25) is 0 Å². The second-order valence-electron chi connectivity index (χ2n) is 11.0. The van der Waals surface area contributed by atoms with Crippen LogP contribution in [-0.4, -0.2) is 26.0 Å². The van der Waals surface area contributed by atoms with Gasteiger partial charge in [0.1, 0.15) is 16.7 Å². The number of anilines is 2. The molecule has 0 radical (unpaired) electrons. The lowest BCUT2D eigenvalue weighted by molar-refractivity contribution is 0.0959. The molecule has 2 aliphatic rings. The minimum absolute atomic E-state index is 0.210. The monoisotopic (exact) mass is 647 g/mol. The maximum atomic E-state index is 13.2. The fourth-order valence-electron chi connectivity index (χ4n) is 5.74. The smallest absolute Gasteiger partial charge is 0.294 e. The van der Waals surface area contributed by atoms with E-state index in [-0.39, 0.29) is 23.1 Å². The van der Waals surface area contributed by atoms with Crippen molar-refractivity contribution in [2.24, 2.45) is 15.3 Å². The molecule has 0 spiro atoms. The number of fused-ring (bicyclic) bond motifs is 1. The largest absolute Gasteiger partial charge is 0.383 e. The second-order valence-corrected chi connectivity index (χ2v) is 12.7. The number of aryl methyl sites for hydroxylation is 1. The van der Waals surface area contributed by atoms with E-state index in [4.69, 9.17) is 18.0 Å². The highest BCUT2D eigenvalue weighted by Gasteiger charge is 2.35. The van der Waals surface area contributed by atoms with Crippen LogP contribution < -0.4 is 22.0 Å². The minimum Gasteiger partial charge on any atom is -0.383 e. The van der Waals surface area contributed by atoms with Gasteiger partial charge in [0.15, 0.2) is 15.5 Å². The summed E-state index contributed by atoms with van der Waals surface area (Å²) < 4.78 is 3.96. The highest BCUT2D eigenvalue weighted by molar-refractivity contribution is 7.73. The van der Waals surface area contributed by atoms with Crippen LogP contribution in [0.1, 0.15) is 46.1 Å². The number of carbonyl (C=O) groups is 1. The van der Waals surface area contributed by atoms with E-state index in [0.717, 1.165) is 45.1 Å². The molecule has 1 aliphatic carbocycles. The first-order valence-corrected chi connectivity index (χ1v) is 15.9. The van der Waals surface area contributed by atoms with Gasteiger partial charge in [-0.15, -0.1) is 5.11 Å². The van der Waals surface area contributed by atoms with Gasteiger partial charge in [-0.1, -0.05) is 77.6 Å². The van der Waals surface area contributed by atoms with E-state index < -0.39 is 5.91 Å². The van der Waals surface area contributed by atoms with Crippen molar-refractivity contribution in [3.8, 4) is 5.69 Å². The molecule has 0 saturated heterocycles. The molecule has 5 N–H and O–H groups in total. The summed E-state index contributed by atoms with van der Waals surface area (Å²) >= 11 is 6.66. The molecule has 3 aromatic carbocycles. The minimum atomic E-state index is -0.419. The van der Waals surface area contributed by atoms with E-state index in [9.17, 15) is 9.59 Å². The molecule has 0 saturated carbocycles. The third-order valence-corrected chi connectivity index (χ3v) is 9.39. The molecule has 1 atom stereocenters. The Kier molecular flexibility index (Phi) is 7.76. The number of thiazole rings is 1. The number of rotatable bonds is 6. The SMILES string of the molecule is Cc1ccc(N=Nc2c3n([nH]c2=O)C(c2ccccc2)C2=C(CCC(=NNC(=O)c4sc(=S)n(-c5ccccc5)c4N)C2)N3)cc1. The highest BCUT2D eigenvalue weighted by atomic mass is 32.1. The molecular weight excluding hydrogens is 619 g/mol. The molecule has 230 valence electrons. The number of H-pyrrole nitrogens is 1. The molecule has 7 rings (SSSR count). The number of benzene rings is 3. The third-order valence-electron chi connectivity index (χ3n) is 8.00. The molecule has 11 nitrogen and oxygen atoms in total. The summed E-state index contributed by atoms with van der Waals surface area (Å²) in [5, 5.41) is 19.7. The van der Waals surface area contributed by atoms with Gasteiger partial charge in [-0.2, -0.15) is 10.2 Å². The maximum absolute atomic E-state index is 13.2. The molecule has 46 heavy (non-hydrogen) atoms. The zero-order chi connectivity index (χ0) is 31.8. The fourth-order valence-corrected chi connectivity index (χ4v) is 7.00. The van der Waals surface area contributed by atoms with Gasteiger partial charge in [-0.25, -0.2) is 5.43 Å². The molecule has 2 aromatic heterocycles. The summed E-state index contributed by atoms with van der Waals surface area (Å²) in [5.41, 5.74) is 15.3. The van der Waals surface area contributed by atoms with Crippen LogP contribution in [0.15, 0.2) is 116 Å². The molecule has 1 aliphatic heterocycles. The van der Waals surface area contributed by atoms with Gasteiger partial charge in [0.05, 0.1) is 5.69 Å². The van der Waals surface area contributed by atoms with Gasteiger partial charge in [-0.3, -0.25) is 23.9 Å². The van der Waals surface area contributed by atoms with Crippen molar-refractivity contribution in [3.63, 3.8) is 0 Å². The van der Waals surface area contributed by atoms with E-state index in [0.29, 0.717) is 39.6 Å². The number of nitrogens with zero attached hydrogens (tertiary/aromatic N) is 5. The van der Waals surface area contributed by atoms with Crippen LogP contribution in [0.3, 0.4) is 0 Å². The Bertz CT molecular complexity index is 2160. The van der Waals surface area contributed by atoms with Crippen molar-refractivity contribution in [1.82, 2.24) is 19.8 Å². The summed E-state index contributed by atoms with van der Waals surface area (Å²) in [6.07, 6.45) is 1.73. The van der Waals surface area contributed by atoms with E-state index in [1.54, 1.807) is 9.25 Å². The first-order valence-electron chi connectivity index (χ1n) is 14.7. The number of hydrazone groups is 1. The lowest BCUT2D eigenvalue weighted by atomic mass is 9.85. The van der Waals surface area contributed by atoms with Crippen molar-refractivity contribution in [1.29, 1.82) is 0 Å². The number of nitrogens with one attached hydrogen (secondary N) is 3. The Hall–Kier alpha value is -5.40. The van der Waals surface area contributed by atoms with Gasteiger partial charge in [0, 0.05) is 23.5 Å². The van der Waals surface area contributed by atoms with E-state index >= 15 is 0 Å². The maximum Gasteiger partial charge on any atom is 0.294 e. The predicted octanol–water partition coefficient (Wildman–Crippen LogP) is 7.30. The second kappa shape index (κ2) is 12.2. The number of hydrogen-bond donors (Lipinski definition) is 4. The standard InChI is InChI=1S/C33H29N9O2S2/c1-19-12-14-21(15-13-19)36-38-26-30-35-25-17-16-22(18-24(25)27(42(30)40-31(26)43)20-8-4-2-5-9-20)37-39-32(44)28-29(34)41(33(45)46-28)23-10-6-3-7-11-23/h2-15,27,35H,16-18,34H2,1H3,(H,39,44)(H,40,43). The van der Waals surface area contributed by atoms with Crippen LogP contribution in [0.25, 0.3) is 5.69 Å².